The maximum absolute atomic E-state index is 12.0. The van der Waals surface area contributed by atoms with Gasteiger partial charge < -0.3 is 16.8 Å². The predicted octanol–water partition coefficient (Wildman–Crippen LogP) is 2.20. The average molecular weight is 304 g/mol. The van der Waals surface area contributed by atoms with Crippen LogP contribution < -0.4 is 16.8 Å². The molecule has 0 aliphatic heterocycles. The second-order valence-corrected chi connectivity index (χ2v) is 4.93. The number of carbonyl (C=O) groups excluding carboxylic acids is 2. The molecule has 0 spiro atoms. The molecule has 0 saturated heterocycles. The fourth-order valence-corrected chi connectivity index (χ4v) is 1.95. The third-order valence-electron chi connectivity index (χ3n) is 2.87. The van der Waals surface area contributed by atoms with E-state index in [0.29, 0.717) is 16.4 Å². The number of halogens is 1. The fraction of sp³-hybridized carbons (Fsp3) is 0.0667. The number of primary amides is 1. The highest BCUT2D eigenvalue weighted by Gasteiger charge is 2.09. The summed E-state index contributed by atoms with van der Waals surface area (Å²) in [5, 5.41) is 3.00. The number of nitrogen functional groups attached to an aromatic ring is 1. The third kappa shape index (κ3) is 3.97. The van der Waals surface area contributed by atoms with Gasteiger partial charge in [0, 0.05) is 11.3 Å². The lowest BCUT2D eigenvalue weighted by Crippen LogP contribution is -2.16. The van der Waals surface area contributed by atoms with Crippen molar-refractivity contribution in [2.24, 2.45) is 5.73 Å². The lowest BCUT2D eigenvalue weighted by atomic mass is 10.1. The van der Waals surface area contributed by atoms with Gasteiger partial charge >= 0.3 is 0 Å². The molecule has 0 aliphatic carbocycles. The minimum atomic E-state index is -0.583. The van der Waals surface area contributed by atoms with E-state index >= 15 is 0 Å². The molecule has 2 amide bonds. The van der Waals surface area contributed by atoms with Gasteiger partial charge in [-0.2, -0.15) is 0 Å². The normalized spacial score (nSPS) is 10.1. The van der Waals surface area contributed by atoms with Crippen LogP contribution in [0.4, 0.5) is 11.4 Å². The van der Waals surface area contributed by atoms with E-state index in [1.165, 1.54) is 18.2 Å². The van der Waals surface area contributed by atoms with Crippen LogP contribution in [0.2, 0.25) is 5.02 Å². The van der Waals surface area contributed by atoms with Gasteiger partial charge in [0.25, 0.3) is 0 Å². The Morgan fingerprint density at radius 3 is 2.38 bits per heavy atom. The van der Waals surface area contributed by atoms with Crippen LogP contribution in [0.1, 0.15) is 15.9 Å². The van der Waals surface area contributed by atoms with Gasteiger partial charge in [0.2, 0.25) is 11.8 Å². The zero-order valence-corrected chi connectivity index (χ0v) is 11.9. The Morgan fingerprint density at radius 2 is 1.76 bits per heavy atom. The number of nitrogens with two attached hydrogens (primary N) is 2. The Balaban J connectivity index is 2.10. The summed E-state index contributed by atoms with van der Waals surface area (Å²) >= 11 is 5.99. The van der Waals surface area contributed by atoms with E-state index in [-0.39, 0.29) is 17.9 Å². The van der Waals surface area contributed by atoms with Crippen LogP contribution in [0.3, 0.4) is 0 Å². The smallest absolute Gasteiger partial charge is 0.248 e. The van der Waals surface area contributed by atoms with Gasteiger partial charge in [0.1, 0.15) is 0 Å². The monoisotopic (exact) mass is 303 g/mol. The number of hydrogen-bond donors (Lipinski definition) is 3. The van der Waals surface area contributed by atoms with Crippen molar-refractivity contribution in [1.82, 2.24) is 0 Å². The van der Waals surface area contributed by atoms with E-state index in [1.54, 1.807) is 24.3 Å². The van der Waals surface area contributed by atoms with Crippen LogP contribution in [0.5, 0.6) is 0 Å². The van der Waals surface area contributed by atoms with E-state index < -0.39 is 5.91 Å². The number of anilines is 2. The van der Waals surface area contributed by atoms with Gasteiger partial charge in [-0.05, 0) is 35.9 Å². The molecule has 0 atom stereocenters. The van der Waals surface area contributed by atoms with E-state index in [2.05, 4.69) is 5.32 Å². The molecular weight excluding hydrogens is 290 g/mol. The maximum Gasteiger partial charge on any atom is 0.248 e. The first-order valence-electron chi connectivity index (χ1n) is 6.19. The van der Waals surface area contributed by atoms with E-state index in [4.69, 9.17) is 23.1 Å². The zero-order valence-electron chi connectivity index (χ0n) is 11.1. The molecule has 0 aromatic heterocycles. The summed E-state index contributed by atoms with van der Waals surface area (Å²) in [6.45, 7) is 0. The quantitative estimate of drug-likeness (QED) is 0.755. The topological polar surface area (TPSA) is 98.2 Å². The maximum atomic E-state index is 12.0. The SMILES string of the molecule is NC(=O)c1ccc(Cl)c(NC(=O)Cc2ccc(N)cc2)c1. The van der Waals surface area contributed by atoms with Crippen molar-refractivity contribution < 1.29 is 9.59 Å². The minimum absolute atomic E-state index is 0.178. The van der Waals surface area contributed by atoms with E-state index in [0.717, 1.165) is 5.56 Å². The standard InChI is InChI=1S/C15H14ClN3O2/c16-12-6-3-10(15(18)21)8-13(12)19-14(20)7-9-1-4-11(17)5-2-9/h1-6,8H,7,17H2,(H2,18,21)(H,19,20). The van der Waals surface area contributed by atoms with Crippen LogP contribution in [0, 0.1) is 0 Å². The highest BCUT2D eigenvalue weighted by Crippen LogP contribution is 2.23. The number of hydrogen-bond acceptors (Lipinski definition) is 3. The van der Waals surface area contributed by atoms with Crippen molar-refractivity contribution >= 4 is 34.8 Å². The molecule has 6 heteroatoms. The van der Waals surface area contributed by atoms with Crippen LogP contribution in [-0.2, 0) is 11.2 Å². The molecule has 5 N–H and O–H groups in total. The number of nitrogens with one attached hydrogen (secondary N) is 1. The Labute approximate surface area is 126 Å². The molecule has 2 rings (SSSR count). The Morgan fingerprint density at radius 1 is 1.10 bits per heavy atom. The highest BCUT2D eigenvalue weighted by atomic mass is 35.5. The third-order valence-corrected chi connectivity index (χ3v) is 3.20. The van der Waals surface area contributed by atoms with Crippen molar-refractivity contribution in [2.45, 2.75) is 6.42 Å². The zero-order chi connectivity index (χ0) is 15.4. The molecule has 0 fully saturated rings. The van der Waals surface area contributed by atoms with Crippen LogP contribution in [-0.4, -0.2) is 11.8 Å². The summed E-state index contributed by atoms with van der Waals surface area (Å²) in [4.78, 5) is 23.1. The number of amides is 2. The first-order chi connectivity index (χ1) is 9.95. The van der Waals surface area contributed by atoms with Gasteiger partial charge in [0.15, 0.2) is 0 Å². The molecule has 0 saturated carbocycles. The lowest BCUT2D eigenvalue weighted by molar-refractivity contribution is -0.115. The Kier molecular flexibility index (Phi) is 4.45. The summed E-state index contributed by atoms with van der Waals surface area (Å²) in [7, 11) is 0. The van der Waals surface area contributed by atoms with Crippen molar-refractivity contribution in [3.63, 3.8) is 0 Å². The molecule has 0 unspecified atom stereocenters. The second-order valence-electron chi connectivity index (χ2n) is 4.53. The largest absolute Gasteiger partial charge is 0.399 e. The van der Waals surface area contributed by atoms with Gasteiger partial charge in [0.05, 0.1) is 17.1 Å². The average Bonchev–Trinajstić information content (AvgIpc) is 2.43. The Bertz CT molecular complexity index is 684. The lowest BCUT2D eigenvalue weighted by Gasteiger charge is -2.08. The van der Waals surface area contributed by atoms with Crippen molar-refractivity contribution in [1.29, 1.82) is 0 Å². The number of carbonyl (C=O) groups is 2. The minimum Gasteiger partial charge on any atom is -0.399 e. The summed E-state index contributed by atoms with van der Waals surface area (Å²) in [5.41, 5.74) is 12.9. The number of benzene rings is 2. The predicted molar refractivity (Wildman–Crippen MR) is 83.2 cm³/mol. The molecule has 0 heterocycles. The summed E-state index contributed by atoms with van der Waals surface area (Å²) < 4.78 is 0. The molecule has 21 heavy (non-hydrogen) atoms. The summed E-state index contributed by atoms with van der Waals surface area (Å²) in [6, 6.07) is 11.5. The Hall–Kier alpha value is -2.53. The molecule has 0 bridgehead atoms. The molecule has 2 aromatic carbocycles. The van der Waals surface area contributed by atoms with Crippen LogP contribution in [0.25, 0.3) is 0 Å². The van der Waals surface area contributed by atoms with Crippen molar-refractivity contribution in [3.8, 4) is 0 Å². The first kappa shape index (κ1) is 14.9. The van der Waals surface area contributed by atoms with E-state index in [1.807, 2.05) is 0 Å². The molecule has 0 radical (unpaired) electrons. The van der Waals surface area contributed by atoms with Crippen molar-refractivity contribution in [3.05, 3.63) is 58.6 Å². The second kappa shape index (κ2) is 6.28. The molecule has 108 valence electrons. The van der Waals surface area contributed by atoms with Crippen LogP contribution >= 0.6 is 11.6 Å². The van der Waals surface area contributed by atoms with Crippen molar-refractivity contribution in [2.75, 3.05) is 11.1 Å². The highest BCUT2D eigenvalue weighted by molar-refractivity contribution is 6.33. The van der Waals surface area contributed by atoms with Gasteiger partial charge in [-0.1, -0.05) is 23.7 Å². The van der Waals surface area contributed by atoms with E-state index in [9.17, 15) is 9.59 Å². The van der Waals surface area contributed by atoms with Gasteiger partial charge in [-0.3, -0.25) is 9.59 Å². The molecule has 2 aromatic rings. The first-order valence-corrected chi connectivity index (χ1v) is 6.57. The van der Waals surface area contributed by atoms with Crippen LogP contribution in [0.15, 0.2) is 42.5 Å². The van der Waals surface area contributed by atoms with Gasteiger partial charge in [-0.15, -0.1) is 0 Å². The summed E-state index contributed by atoms with van der Waals surface area (Å²) in [5.74, 6) is -0.830. The molecular formula is C15H14ClN3O2. The fourth-order valence-electron chi connectivity index (χ4n) is 1.79. The number of rotatable bonds is 4. The molecule has 0 aliphatic rings. The van der Waals surface area contributed by atoms with Gasteiger partial charge in [-0.25, -0.2) is 0 Å². The summed E-state index contributed by atoms with van der Waals surface area (Å²) in [6.07, 6.45) is 0.178. The molecule has 5 nitrogen and oxygen atoms in total.